The van der Waals surface area contributed by atoms with Crippen molar-refractivity contribution < 1.29 is 19.4 Å². The number of non-ortho nitro benzene ring substituents is 2. The molecule has 0 atom stereocenters. The van der Waals surface area contributed by atoms with Crippen molar-refractivity contribution in [3.8, 4) is 0 Å². The second-order valence-electron chi connectivity index (χ2n) is 6.05. The van der Waals surface area contributed by atoms with Crippen molar-refractivity contribution in [2.75, 3.05) is 19.6 Å². The smallest absolute Gasteiger partial charge is 0.277 e. The Balaban J connectivity index is 1.92. The van der Waals surface area contributed by atoms with Crippen LogP contribution in [0, 0.1) is 20.2 Å². The highest BCUT2D eigenvalue weighted by Crippen LogP contribution is 2.22. The first-order chi connectivity index (χ1) is 12.4. The predicted octanol–water partition coefficient (Wildman–Crippen LogP) is 2.03. The molecule has 1 fully saturated rings. The summed E-state index contributed by atoms with van der Waals surface area (Å²) < 4.78 is 0. The van der Waals surface area contributed by atoms with E-state index in [0.29, 0.717) is 25.9 Å². The maximum atomic E-state index is 12.1. The molecule has 1 heterocycles. The number of nitro benzene ring substituents is 2. The van der Waals surface area contributed by atoms with Crippen LogP contribution in [0.2, 0.25) is 0 Å². The Labute approximate surface area is 149 Å². The first kappa shape index (κ1) is 19.3. The maximum absolute atomic E-state index is 12.1. The van der Waals surface area contributed by atoms with Gasteiger partial charge in [-0.15, -0.1) is 0 Å². The summed E-state index contributed by atoms with van der Waals surface area (Å²) in [6, 6.07) is 2.81. The monoisotopic (exact) mass is 364 g/mol. The van der Waals surface area contributed by atoms with Gasteiger partial charge in [0.25, 0.3) is 17.3 Å². The molecule has 0 saturated carbocycles. The van der Waals surface area contributed by atoms with Gasteiger partial charge in [0.05, 0.1) is 21.5 Å². The SMILES string of the molecule is O=C(NCCCN1CCCCCC1=O)c1cc([N+](=O)[O-])cc([N+](=O)[O-])c1. The normalized spacial score (nSPS) is 14.6. The lowest BCUT2D eigenvalue weighted by atomic mass is 10.1. The number of benzene rings is 1. The van der Waals surface area contributed by atoms with Crippen LogP contribution in [0.4, 0.5) is 11.4 Å². The third-order valence-electron chi connectivity index (χ3n) is 4.15. The number of nitro groups is 2. The van der Waals surface area contributed by atoms with Gasteiger partial charge in [-0.2, -0.15) is 0 Å². The van der Waals surface area contributed by atoms with E-state index in [-0.39, 0.29) is 18.0 Å². The zero-order valence-corrected chi connectivity index (χ0v) is 14.2. The molecular formula is C16H20N4O6. The fraction of sp³-hybridized carbons (Fsp3) is 0.500. The van der Waals surface area contributed by atoms with Gasteiger partial charge in [0.1, 0.15) is 0 Å². The van der Waals surface area contributed by atoms with Crippen LogP contribution in [0.25, 0.3) is 0 Å². The van der Waals surface area contributed by atoms with Gasteiger partial charge in [-0.25, -0.2) is 0 Å². The number of rotatable bonds is 7. The quantitative estimate of drug-likeness (QED) is 0.446. The second-order valence-corrected chi connectivity index (χ2v) is 6.05. The summed E-state index contributed by atoms with van der Waals surface area (Å²) in [5.41, 5.74) is -1.17. The number of nitrogens with zero attached hydrogens (tertiary/aromatic N) is 3. The van der Waals surface area contributed by atoms with Gasteiger partial charge in [-0.05, 0) is 19.3 Å². The molecule has 2 rings (SSSR count). The van der Waals surface area contributed by atoms with Crippen molar-refractivity contribution in [3.63, 3.8) is 0 Å². The van der Waals surface area contributed by atoms with Gasteiger partial charge in [-0.3, -0.25) is 29.8 Å². The molecule has 0 unspecified atom stereocenters. The van der Waals surface area contributed by atoms with Crippen LogP contribution >= 0.6 is 0 Å². The van der Waals surface area contributed by atoms with Crippen molar-refractivity contribution >= 4 is 23.2 Å². The highest BCUT2D eigenvalue weighted by Gasteiger charge is 2.20. The van der Waals surface area contributed by atoms with E-state index in [0.717, 1.165) is 37.5 Å². The molecule has 1 aliphatic rings. The number of hydrogen-bond donors (Lipinski definition) is 1. The molecule has 1 aromatic carbocycles. The summed E-state index contributed by atoms with van der Waals surface area (Å²) in [5, 5.41) is 24.3. The van der Waals surface area contributed by atoms with E-state index >= 15 is 0 Å². The lowest BCUT2D eigenvalue weighted by molar-refractivity contribution is -0.394. The van der Waals surface area contributed by atoms with Crippen LogP contribution in [0.15, 0.2) is 18.2 Å². The van der Waals surface area contributed by atoms with Crippen molar-refractivity contribution in [2.24, 2.45) is 0 Å². The van der Waals surface area contributed by atoms with Gasteiger partial charge in [0, 0.05) is 38.2 Å². The second kappa shape index (κ2) is 8.88. The molecule has 0 bridgehead atoms. The van der Waals surface area contributed by atoms with Crippen LogP contribution in [0.1, 0.15) is 42.5 Å². The third kappa shape index (κ3) is 5.23. The van der Waals surface area contributed by atoms with E-state index in [2.05, 4.69) is 5.32 Å². The number of carbonyl (C=O) groups is 2. The van der Waals surface area contributed by atoms with E-state index in [1.807, 2.05) is 0 Å². The Hall–Kier alpha value is -3.04. The number of hydrogen-bond acceptors (Lipinski definition) is 6. The first-order valence-electron chi connectivity index (χ1n) is 8.38. The molecule has 2 amide bonds. The minimum absolute atomic E-state index is 0.114. The molecule has 140 valence electrons. The Morgan fingerprint density at radius 1 is 1.08 bits per heavy atom. The van der Waals surface area contributed by atoms with Crippen LogP contribution in [-0.2, 0) is 4.79 Å². The third-order valence-corrected chi connectivity index (χ3v) is 4.15. The van der Waals surface area contributed by atoms with Gasteiger partial charge in [0.15, 0.2) is 0 Å². The summed E-state index contributed by atoms with van der Waals surface area (Å²) in [6.45, 7) is 1.50. The van der Waals surface area contributed by atoms with Crippen molar-refractivity contribution in [2.45, 2.75) is 32.1 Å². The van der Waals surface area contributed by atoms with E-state index in [4.69, 9.17) is 0 Å². The van der Waals surface area contributed by atoms with Gasteiger partial charge >= 0.3 is 0 Å². The molecule has 0 aromatic heterocycles. The van der Waals surface area contributed by atoms with Crippen molar-refractivity contribution in [3.05, 3.63) is 44.0 Å². The molecule has 0 radical (unpaired) electrons. The molecule has 1 N–H and O–H groups in total. The lowest BCUT2D eigenvalue weighted by Gasteiger charge is -2.20. The molecule has 26 heavy (non-hydrogen) atoms. The highest BCUT2D eigenvalue weighted by molar-refractivity contribution is 5.95. The summed E-state index contributed by atoms with van der Waals surface area (Å²) >= 11 is 0. The predicted molar refractivity (Wildman–Crippen MR) is 91.7 cm³/mol. The fourth-order valence-corrected chi connectivity index (χ4v) is 2.79. The van der Waals surface area contributed by atoms with Crippen molar-refractivity contribution in [1.29, 1.82) is 0 Å². The summed E-state index contributed by atoms with van der Waals surface area (Å²) in [4.78, 5) is 45.9. The van der Waals surface area contributed by atoms with Crippen LogP contribution in [0.5, 0.6) is 0 Å². The Bertz CT molecular complexity index is 688. The maximum Gasteiger partial charge on any atom is 0.277 e. The number of nitrogens with one attached hydrogen (secondary N) is 1. The van der Waals surface area contributed by atoms with Gasteiger partial charge in [-0.1, -0.05) is 6.42 Å². The van der Waals surface area contributed by atoms with E-state index in [1.165, 1.54) is 0 Å². The summed E-state index contributed by atoms with van der Waals surface area (Å²) in [5.74, 6) is -0.512. The topological polar surface area (TPSA) is 136 Å². The number of amides is 2. The Kier molecular flexibility index (Phi) is 6.59. The highest BCUT2D eigenvalue weighted by atomic mass is 16.6. The van der Waals surface area contributed by atoms with E-state index in [9.17, 15) is 29.8 Å². The molecular weight excluding hydrogens is 344 g/mol. The Morgan fingerprint density at radius 2 is 1.73 bits per heavy atom. The Morgan fingerprint density at radius 3 is 2.35 bits per heavy atom. The largest absolute Gasteiger partial charge is 0.352 e. The van der Waals surface area contributed by atoms with Gasteiger partial charge in [0.2, 0.25) is 5.91 Å². The molecule has 1 aliphatic heterocycles. The number of likely N-dealkylation sites (tertiary alicyclic amines) is 1. The summed E-state index contributed by atoms with van der Waals surface area (Å²) in [6.07, 6.45) is 3.98. The zero-order chi connectivity index (χ0) is 19.1. The molecule has 0 aliphatic carbocycles. The van der Waals surface area contributed by atoms with Gasteiger partial charge < -0.3 is 10.2 Å². The molecule has 1 aromatic rings. The van der Waals surface area contributed by atoms with Crippen LogP contribution in [-0.4, -0.2) is 46.2 Å². The average molecular weight is 364 g/mol. The summed E-state index contributed by atoms with van der Waals surface area (Å²) in [7, 11) is 0. The minimum atomic E-state index is -0.783. The molecule has 0 spiro atoms. The lowest BCUT2D eigenvalue weighted by Crippen LogP contribution is -2.34. The van der Waals surface area contributed by atoms with Crippen molar-refractivity contribution in [1.82, 2.24) is 10.2 Å². The zero-order valence-electron chi connectivity index (χ0n) is 14.2. The van der Waals surface area contributed by atoms with E-state index < -0.39 is 27.1 Å². The fourth-order valence-electron chi connectivity index (χ4n) is 2.79. The van der Waals surface area contributed by atoms with E-state index in [1.54, 1.807) is 4.90 Å². The first-order valence-corrected chi connectivity index (χ1v) is 8.38. The standard InChI is InChI=1S/C16H20N4O6/c21-15-5-2-1-3-7-18(15)8-4-6-17-16(22)12-9-13(19(23)24)11-14(10-12)20(25)26/h9-11H,1-8H2,(H,17,22). The molecule has 1 saturated heterocycles. The number of carbonyl (C=O) groups excluding carboxylic acids is 2. The average Bonchev–Trinajstić information content (AvgIpc) is 2.82. The minimum Gasteiger partial charge on any atom is -0.352 e. The van der Waals surface area contributed by atoms with Crippen LogP contribution in [0.3, 0.4) is 0 Å². The van der Waals surface area contributed by atoms with Crippen LogP contribution < -0.4 is 5.32 Å². The molecule has 10 nitrogen and oxygen atoms in total. The molecule has 10 heteroatoms.